The summed E-state index contributed by atoms with van der Waals surface area (Å²) in [6.07, 6.45) is 0.322. The van der Waals surface area contributed by atoms with Crippen LogP contribution in [-0.4, -0.2) is 26.1 Å². The summed E-state index contributed by atoms with van der Waals surface area (Å²) in [5.41, 5.74) is 1.00. The summed E-state index contributed by atoms with van der Waals surface area (Å²) >= 11 is 6.10. The van der Waals surface area contributed by atoms with Crippen LogP contribution < -0.4 is 15.4 Å². The van der Waals surface area contributed by atoms with Crippen molar-refractivity contribution >= 4 is 17.5 Å². The van der Waals surface area contributed by atoms with Crippen molar-refractivity contribution in [2.24, 2.45) is 0 Å². The van der Waals surface area contributed by atoms with Gasteiger partial charge in [-0.3, -0.25) is 4.79 Å². The van der Waals surface area contributed by atoms with Gasteiger partial charge in [-0.25, -0.2) is 0 Å². The zero-order chi connectivity index (χ0) is 13.4. The van der Waals surface area contributed by atoms with E-state index in [-0.39, 0.29) is 5.91 Å². The van der Waals surface area contributed by atoms with E-state index in [1.807, 2.05) is 19.1 Å². The maximum Gasteiger partial charge on any atom is 0.223 e. The normalized spacial score (nSPS) is 10.2. The van der Waals surface area contributed by atoms with Gasteiger partial charge in [-0.15, -0.1) is 0 Å². The monoisotopic (exact) mass is 270 g/mol. The minimum atomic E-state index is -0.0460. The summed E-state index contributed by atoms with van der Waals surface area (Å²) in [7, 11) is 1.61. The van der Waals surface area contributed by atoms with Crippen LogP contribution in [0.3, 0.4) is 0 Å². The molecule has 0 aliphatic rings. The van der Waals surface area contributed by atoms with Crippen LogP contribution in [0.4, 0.5) is 0 Å². The Bertz CT molecular complexity index is 397. The number of amides is 1. The quantitative estimate of drug-likeness (QED) is 0.796. The van der Waals surface area contributed by atoms with Crippen LogP contribution in [-0.2, 0) is 11.3 Å². The summed E-state index contributed by atoms with van der Waals surface area (Å²) in [6.45, 7) is 3.94. The fourth-order valence-electron chi connectivity index (χ4n) is 1.48. The zero-order valence-electron chi connectivity index (χ0n) is 10.8. The number of hydrogen-bond acceptors (Lipinski definition) is 3. The summed E-state index contributed by atoms with van der Waals surface area (Å²) in [6, 6.07) is 5.64. The third-order valence-corrected chi connectivity index (χ3v) is 2.77. The Balaban J connectivity index is 2.64. The van der Waals surface area contributed by atoms with Crippen molar-refractivity contribution in [3.05, 3.63) is 28.8 Å². The predicted octanol–water partition coefficient (Wildman–Crippen LogP) is 1.96. The molecule has 5 heteroatoms. The maximum atomic E-state index is 11.1. The van der Waals surface area contributed by atoms with Crippen LogP contribution in [0.2, 0.25) is 5.02 Å². The van der Waals surface area contributed by atoms with E-state index in [2.05, 4.69) is 10.6 Å². The molecule has 0 aliphatic carbocycles. The van der Waals surface area contributed by atoms with Crippen LogP contribution >= 0.6 is 11.6 Å². The lowest BCUT2D eigenvalue weighted by Gasteiger charge is -2.13. The number of halogens is 1. The van der Waals surface area contributed by atoms with E-state index in [1.165, 1.54) is 0 Å². The molecule has 0 saturated carbocycles. The first-order valence-corrected chi connectivity index (χ1v) is 6.38. The van der Waals surface area contributed by atoms with E-state index in [0.29, 0.717) is 30.3 Å². The second kappa shape index (κ2) is 7.95. The number of ether oxygens (including phenoxy) is 1. The van der Waals surface area contributed by atoms with Gasteiger partial charge in [0.05, 0.1) is 18.1 Å². The summed E-state index contributed by atoms with van der Waals surface area (Å²) in [5.74, 6) is 0.610. The Morgan fingerprint density at radius 3 is 2.89 bits per heavy atom. The molecule has 0 heterocycles. The molecular weight excluding hydrogens is 252 g/mol. The number of carbonyl (C=O) groups excluding carboxylic acids is 1. The highest BCUT2D eigenvalue weighted by Crippen LogP contribution is 2.28. The summed E-state index contributed by atoms with van der Waals surface area (Å²) < 4.78 is 5.60. The number of para-hydroxylation sites is 1. The molecule has 100 valence electrons. The fourth-order valence-corrected chi connectivity index (χ4v) is 1.73. The van der Waals surface area contributed by atoms with Crippen molar-refractivity contribution < 1.29 is 9.53 Å². The Hall–Kier alpha value is -1.26. The third kappa shape index (κ3) is 4.55. The van der Waals surface area contributed by atoms with Gasteiger partial charge in [0.15, 0.2) is 0 Å². The second-order valence-corrected chi connectivity index (χ2v) is 4.19. The van der Waals surface area contributed by atoms with Gasteiger partial charge in [0.1, 0.15) is 5.75 Å². The number of hydrogen-bond donors (Lipinski definition) is 2. The average Bonchev–Trinajstić information content (AvgIpc) is 2.38. The minimum absolute atomic E-state index is 0.0460. The predicted molar refractivity (Wildman–Crippen MR) is 73.0 cm³/mol. The minimum Gasteiger partial charge on any atom is -0.491 e. The van der Waals surface area contributed by atoms with Crippen LogP contribution in [0.25, 0.3) is 0 Å². The SMILES string of the molecule is CCNCc1cccc(Cl)c1OCCC(=O)NC. The molecular formula is C13H19ClN2O2. The van der Waals surface area contributed by atoms with Crippen molar-refractivity contribution in [2.45, 2.75) is 19.9 Å². The molecule has 0 aliphatic heterocycles. The maximum absolute atomic E-state index is 11.1. The van der Waals surface area contributed by atoms with Crippen molar-refractivity contribution in [1.29, 1.82) is 0 Å². The lowest BCUT2D eigenvalue weighted by Crippen LogP contribution is -2.20. The van der Waals surface area contributed by atoms with Gasteiger partial charge in [0.25, 0.3) is 0 Å². The molecule has 0 fully saturated rings. The molecule has 0 saturated heterocycles. The Morgan fingerprint density at radius 1 is 1.44 bits per heavy atom. The van der Waals surface area contributed by atoms with Crippen molar-refractivity contribution in [3.8, 4) is 5.75 Å². The fraction of sp³-hybridized carbons (Fsp3) is 0.462. The number of nitrogens with one attached hydrogen (secondary N) is 2. The zero-order valence-corrected chi connectivity index (χ0v) is 11.5. The standard InChI is InChI=1S/C13H19ClN2O2/c1-3-16-9-10-5-4-6-11(14)13(10)18-8-7-12(17)15-2/h4-6,16H,3,7-9H2,1-2H3,(H,15,17). The first kappa shape index (κ1) is 14.8. The highest BCUT2D eigenvalue weighted by atomic mass is 35.5. The van der Waals surface area contributed by atoms with Crippen LogP contribution in [0, 0.1) is 0 Å². The first-order chi connectivity index (χ1) is 8.69. The van der Waals surface area contributed by atoms with E-state index < -0.39 is 0 Å². The first-order valence-electron chi connectivity index (χ1n) is 6.00. The van der Waals surface area contributed by atoms with Crippen molar-refractivity contribution in [3.63, 3.8) is 0 Å². The van der Waals surface area contributed by atoms with Crippen molar-refractivity contribution in [2.75, 3.05) is 20.2 Å². The molecule has 0 unspecified atom stereocenters. The van der Waals surface area contributed by atoms with Crippen LogP contribution in [0.5, 0.6) is 5.75 Å². The highest BCUT2D eigenvalue weighted by molar-refractivity contribution is 6.32. The lowest BCUT2D eigenvalue weighted by atomic mass is 10.2. The van der Waals surface area contributed by atoms with Crippen LogP contribution in [0.1, 0.15) is 18.9 Å². The molecule has 2 N–H and O–H groups in total. The molecule has 18 heavy (non-hydrogen) atoms. The van der Waals surface area contributed by atoms with Gasteiger partial charge in [-0.2, -0.15) is 0 Å². The number of benzene rings is 1. The largest absolute Gasteiger partial charge is 0.491 e. The second-order valence-electron chi connectivity index (χ2n) is 3.78. The highest BCUT2D eigenvalue weighted by Gasteiger charge is 2.08. The van der Waals surface area contributed by atoms with E-state index in [4.69, 9.17) is 16.3 Å². The van der Waals surface area contributed by atoms with Gasteiger partial charge in [-0.1, -0.05) is 30.7 Å². The van der Waals surface area contributed by atoms with Gasteiger partial charge < -0.3 is 15.4 Å². The third-order valence-electron chi connectivity index (χ3n) is 2.47. The van der Waals surface area contributed by atoms with E-state index >= 15 is 0 Å². The molecule has 1 amide bonds. The molecule has 0 bridgehead atoms. The molecule has 1 aromatic rings. The average molecular weight is 271 g/mol. The molecule has 0 spiro atoms. The van der Waals surface area contributed by atoms with Gasteiger partial charge in [0, 0.05) is 19.2 Å². The summed E-state index contributed by atoms with van der Waals surface area (Å²) in [4.78, 5) is 11.1. The number of rotatable bonds is 7. The Morgan fingerprint density at radius 2 is 2.22 bits per heavy atom. The Kier molecular flexibility index (Phi) is 6.54. The van der Waals surface area contributed by atoms with E-state index in [1.54, 1.807) is 13.1 Å². The summed E-state index contributed by atoms with van der Waals surface area (Å²) in [5, 5.41) is 6.35. The van der Waals surface area contributed by atoms with Gasteiger partial charge >= 0.3 is 0 Å². The molecule has 0 atom stereocenters. The molecule has 1 rings (SSSR count). The molecule has 1 aromatic carbocycles. The van der Waals surface area contributed by atoms with Gasteiger partial charge in [-0.05, 0) is 12.6 Å². The Labute approximate surface area is 113 Å². The van der Waals surface area contributed by atoms with E-state index in [9.17, 15) is 4.79 Å². The molecule has 4 nitrogen and oxygen atoms in total. The molecule has 0 radical (unpaired) electrons. The number of carbonyl (C=O) groups is 1. The van der Waals surface area contributed by atoms with Gasteiger partial charge in [0.2, 0.25) is 5.91 Å². The lowest BCUT2D eigenvalue weighted by molar-refractivity contribution is -0.121. The van der Waals surface area contributed by atoms with Crippen molar-refractivity contribution in [1.82, 2.24) is 10.6 Å². The van der Waals surface area contributed by atoms with E-state index in [0.717, 1.165) is 12.1 Å². The van der Waals surface area contributed by atoms with Crippen LogP contribution in [0.15, 0.2) is 18.2 Å². The smallest absolute Gasteiger partial charge is 0.223 e. The molecule has 0 aromatic heterocycles. The topological polar surface area (TPSA) is 50.4 Å².